The topological polar surface area (TPSA) is 29.1 Å². The van der Waals surface area contributed by atoms with Crippen LogP contribution in [-0.2, 0) is 4.79 Å². The molecule has 0 radical (unpaired) electrons. The van der Waals surface area contributed by atoms with E-state index in [9.17, 15) is 4.79 Å². The predicted molar refractivity (Wildman–Crippen MR) is 36.0 cm³/mol. The summed E-state index contributed by atoms with van der Waals surface area (Å²) in [6.45, 7) is 4.83. The minimum atomic E-state index is 0.241. The maximum Gasteiger partial charge on any atom is 0.223 e. The molecular weight excluding hydrogens is 114 g/mol. The molecule has 1 fully saturated rings. The third-order valence-electron chi connectivity index (χ3n) is 1.80. The lowest BCUT2D eigenvalue weighted by Crippen LogP contribution is -2.24. The zero-order valence-electron chi connectivity index (χ0n) is 5.98. The molecule has 1 N–H and O–H groups in total. The van der Waals surface area contributed by atoms with E-state index in [2.05, 4.69) is 12.2 Å². The van der Waals surface area contributed by atoms with Gasteiger partial charge in [-0.3, -0.25) is 4.79 Å². The summed E-state index contributed by atoms with van der Waals surface area (Å²) in [7, 11) is 0. The number of rotatable bonds is 2. The van der Waals surface area contributed by atoms with Crippen LogP contribution in [0.15, 0.2) is 0 Å². The molecule has 0 aliphatic heterocycles. The highest BCUT2D eigenvalue weighted by Gasteiger charge is 2.38. The highest BCUT2D eigenvalue weighted by atomic mass is 16.2. The third-order valence-corrected chi connectivity index (χ3v) is 1.80. The van der Waals surface area contributed by atoms with Gasteiger partial charge in [-0.05, 0) is 19.3 Å². The van der Waals surface area contributed by atoms with E-state index in [0.717, 1.165) is 13.0 Å². The molecule has 1 saturated carbocycles. The monoisotopic (exact) mass is 127 g/mol. The van der Waals surface area contributed by atoms with E-state index in [1.54, 1.807) is 0 Å². The van der Waals surface area contributed by atoms with Gasteiger partial charge in [-0.1, -0.05) is 6.92 Å². The first-order valence-corrected chi connectivity index (χ1v) is 3.53. The van der Waals surface area contributed by atoms with Crippen LogP contribution in [0.25, 0.3) is 0 Å². The van der Waals surface area contributed by atoms with Crippen molar-refractivity contribution in [3.05, 3.63) is 0 Å². The standard InChI is InChI=1S/C7H13NO/c1-3-8-7(9)6-4-5(6)2/h5-6H,3-4H2,1-2H3,(H,8,9). The van der Waals surface area contributed by atoms with Crippen LogP contribution < -0.4 is 5.32 Å². The van der Waals surface area contributed by atoms with Gasteiger partial charge in [-0.15, -0.1) is 0 Å². The number of hydrogen-bond acceptors (Lipinski definition) is 1. The maximum atomic E-state index is 10.9. The van der Waals surface area contributed by atoms with Crippen molar-refractivity contribution in [2.75, 3.05) is 6.54 Å². The van der Waals surface area contributed by atoms with E-state index in [1.165, 1.54) is 0 Å². The minimum absolute atomic E-state index is 0.241. The van der Waals surface area contributed by atoms with Gasteiger partial charge >= 0.3 is 0 Å². The lowest BCUT2D eigenvalue weighted by atomic mass is 10.3. The van der Waals surface area contributed by atoms with Crippen LogP contribution in [0, 0.1) is 11.8 Å². The molecule has 1 amide bonds. The number of nitrogens with one attached hydrogen (secondary N) is 1. The van der Waals surface area contributed by atoms with Crippen LogP contribution in [0.1, 0.15) is 20.3 Å². The molecule has 0 heterocycles. The predicted octanol–water partition coefficient (Wildman–Crippen LogP) is 0.778. The molecule has 2 nitrogen and oxygen atoms in total. The van der Waals surface area contributed by atoms with Crippen LogP contribution in [0.4, 0.5) is 0 Å². The first-order chi connectivity index (χ1) is 4.25. The molecule has 0 bridgehead atoms. The van der Waals surface area contributed by atoms with Crippen LogP contribution in [0.3, 0.4) is 0 Å². The second-order valence-electron chi connectivity index (χ2n) is 2.71. The first kappa shape index (κ1) is 6.59. The molecule has 52 valence electrons. The molecule has 0 saturated heterocycles. The first-order valence-electron chi connectivity index (χ1n) is 3.53. The molecule has 1 aliphatic rings. The molecule has 1 rings (SSSR count). The summed E-state index contributed by atoms with van der Waals surface area (Å²) in [5, 5.41) is 2.80. The number of amides is 1. The highest BCUT2D eigenvalue weighted by Crippen LogP contribution is 2.37. The SMILES string of the molecule is CCNC(=O)C1CC1C. The smallest absolute Gasteiger partial charge is 0.223 e. The largest absolute Gasteiger partial charge is 0.356 e. The van der Waals surface area contributed by atoms with E-state index in [-0.39, 0.29) is 5.91 Å². The van der Waals surface area contributed by atoms with Gasteiger partial charge in [0.25, 0.3) is 0 Å². The van der Waals surface area contributed by atoms with Crippen molar-refractivity contribution < 1.29 is 4.79 Å². The van der Waals surface area contributed by atoms with Crippen molar-refractivity contribution in [2.45, 2.75) is 20.3 Å². The minimum Gasteiger partial charge on any atom is -0.356 e. The average molecular weight is 127 g/mol. The molecule has 0 aromatic rings. The van der Waals surface area contributed by atoms with Crippen LogP contribution in [-0.4, -0.2) is 12.5 Å². The van der Waals surface area contributed by atoms with Crippen molar-refractivity contribution in [3.63, 3.8) is 0 Å². The number of carbonyl (C=O) groups excluding carboxylic acids is 1. The van der Waals surface area contributed by atoms with Gasteiger partial charge in [0.05, 0.1) is 0 Å². The van der Waals surface area contributed by atoms with Crippen LogP contribution in [0.5, 0.6) is 0 Å². The summed E-state index contributed by atoms with van der Waals surface area (Å²) in [5.41, 5.74) is 0. The molecule has 2 atom stereocenters. The zero-order valence-corrected chi connectivity index (χ0v) is 5.98. The average Bonchev–Trinajstić information content (AvgIpc) is 2.47. The Hall–Kier alpha value is -0.530. The van der Waals surface area contributed by atoms with Crippen molar-refractivity contribution in [3.8, 4) is 0 Å². The van der Waals surface area contributed by atoms with Gasteiger partial charge < -0.3 is 5.32 Å². The fraction of sp³-hybridized carbons (Fsp3) is 0.857. The Kier molecular flexibility index (Phi) is 1.74. The lowest BCUT2D eigenvalue weighted by Gasteiger charge is -1.97. The van der Waals surface area contributed by atoms with E-state index < -0.39 is 0 Å². The lowest BCUT2D eigenvalue weighted by molar-refractivity contribution is -0.122. The van der Waals surface area contributed by atoms with E-state index >= 15 is 0 Å². The van der Waals surface area contributed by atoms with Gasteiger partial charge in [0.2, 0.25) is 5.91 Å². The zero-order chi connectivity index (χ0) is 6.85. The van der Waals surface area contributed by atoms with Gasteiger partial charge in [0.15, 0.2) is 0 Å². The van der Waals surface area contributed by atoms with E-state index in [4.69, 9.17) is 0 Å². The van der Waals surface area contributed by atoms with Crippen molar-refractivity contribution in [1.29, 1.82) is 0 Å². The molecule has 2 unspecified atom stereocenters. The highest BCUT2D eigenvalue weighted by molar-refractivity contribution is 5.81. The van der Waals surface area contributed by atoms with Crippen molar-refractivity contribution in [1.82, 2.24) is 5.32 Å². The summed E-state index contributed by atoms with van der Waals surface area (Å²) < 4.78 is 0. The summed E-state index contributed by atoms with van der Waals surface area (Å²) >= 11 is 0. The summed E-state index contributed by atoms with van der Waals surface area (Å²) in [4.78, 5) is 10.9. The summed E-state index contributed by atoms with van der Waals surface area (Å²) in [6, 6.07) is 0. The molecule has 0 spiro atoms. The Morgan fingerprint density at radius 2 is 2.33 bits per heavy atom. The fourth-order valence-corrected chi connectivity index (χ4v) is 0.993. The quantitative estimate of drug-likeness (QED) is 0.583. The Bertz CT molecular complexity index is 122. The van der Waals surface area contributed by atoms with Gasteiger partial charge in [-0.25, -0.2) is 0 Å². The molecule has 1 aliphatic carbocycles. The van der Waals surface area contributed by atoms with Gasteiger partial charge in [-0.2, -0.15) is 0 Å². The second kappa shape index (κ2) is 2.38. The van der Waals surface area contributed by atoms with E-state index in [1.807, 2.05) is 6.92 Å². The molecule has 0 aromatic heterocycles. The Morgan fingerprint density at radius 3 is 2.67 bits per heavy atom. The number of hydrogen-bond donors (Lipinski definition) is 1. The number of carbonyl (C=O) groups is 1. The Morgan fingerprint density at radius 1 is 1.78 bits per heavy atom. The molecule has 9 heavy (non-hydrogen) atoms. The second-order valence-corrected chi connectivity index (χ2v) is 2.71. The van der Waals surface area contributed by atoms with Gasteiger partial charge in [0.1, 0.15) is 0 Å². The van der Waals surface area contributed by atoms with Crippen LogP contribution in [0.2, 0.25) is 0 Å². The molecule has 2 heteroatoms. The van der Waals surface area contributed by atoms with Crippen molar-refractivity contribution in [2.24, 2.45) is 11.8 Å². The van der Waals surface area contributed by atoms with E-state index in [0.29, 0.717) is 11.8 Å². The molecule has 0 aromatic carbocycles. The fourth-order valence-electron chi connectivity index (χ4n) is 0.993. The summed E-state index contributed by atoms with van der Waals surface area (Å²) in [6.07, 6.45) is 1.09. The maximum absolute atomic E-state index is 10.9. The van der Waals surface area contributed by atoms with Crippen LogP contribution >= 0.6 is 0 Å². The Balaban J connectivity index is 2.20. The summed E-state index contributed by atoms with van der Waals surface area (Å²) in [5.74, 6) is 1.21. The van der Waals surface area contributed by atoms with Gasteiger partial charge in [0, 0.05) is 12.5 Å². The molecular formula is C7H13NO. The van der Waals surface area contributed by atoms with Crippen molar-refractivity contribution >= 4 is 5.91 Å². The normalized spacial score (nSPS) is 31.8. The Labute approximate surface area is 55.6 Å². The third kappa shape index (κ3) is 1.44.